The molecule has 0 bridgehead atoms. The molecule has 29 heavy (non-hydrogen) atoms. The van der Waals surface area contributed by atoms with Gasteiger partial charge < -0.3 is 19.7 Å². The van der Waals surface area contributed by atoms with Crippen LogP contribution >= 0.6 is 0 Å². The van der Waals surface area contributed by atoms with Gasteiger partial charge in [-0.25, -0.2) is 4.79 Å². The van der Waals surface area contributed by atoms with Gasteiger partial charge in [0.2, 0.25) is 5.91 Å². The van der Waals surface area contributed by atoms with Crippen LogP contribution in [0.25, 0.3) is 0 Å². The molecule has 1 spiro atoms. The second-order valence-corrected chi connectivity index (χ2v) is 8.21. The Hall–Kier alpha value is -2.77. The molecule has 1 saturated heterocycles. The van der Waals surface area contributed by atoms with Gasteiger partial charge in [0.05, 0.1) is 6.54 Å². The van der Waals surface area contributed by atoms with E-state index in [0.29, 0.717) is 31.1 Å². The van der Waals surface area contributed by atoms with Crippen LogP contribution in [0, 0.1) is 5.92 Å². The number of para-hydroxylation sites is 2. The minimum Gasteiger partial charge on any atom is -0.486 e. The van der Waals surface area contributed by atoms with E-state index in [1.807, 2.05) is 31.2 Å². The molecule has 2 aliphatic heterocycles. The van der Waals surface area contributed by atoms with Crippen LogP contribution in [0.2, 0.25) is 0 Å². The van der Waals surface area contributed by atoms with Crippen molar-refractivity contribution < 1.29 is 23.9 Å². The summed E-state index contributed by atoms with van der Waals surface area (Å²) >= 11 is 0. The highest BCUT2D eigenvalue weighted by atomic mass is 16.6. The largest absolute Gasteiger partial charge is 0.486 e. The van der Waals surface area contributed by atoms with Crippen molar-refractivity contribution >= 4 is 17.8 Å². The van der Waals surface area contributed by atoms with Gasteiger partial charge in [0.25, 0.3) is 5.91 Å². The van der Waals surface area contributed by atoms with Crippen molar-refractivity contribution in [3.05, 3.63) is 24.3 Å². The molecule has 2 fully saturated rings. The van der Waals surface area contributed by atoms with Crippen molar-refractivity contribution in [2.75, 3.05) is 26.7 Å². The maximum absolute atomic E-state index is 13.0. The number of imide groups is 1. The van der Waals surface area contributed by atoms with Crippen LogP contribution in [-0.2, 0) is 9.59 Å². The van der Waals surface area contributed by atoms with Gasteiger partial charge in [-0.05, 0) is 30.9 Å². The van der Waals surface area contributed by atoms with E-state index in [1.165, 1.54) is 4.90 Å². The van der Waals surface area contributed by atoms with E-state index in [4.69, 9.17) is 9.47 Å². The molecule has 0 radical (unpaired) electrons. The van der Waals surface area contributed by atoms with Crippen LogP contribution in [0.5, 0.6) is 11.5 Å². The van der Waals surface area contributed by atoms with Crippen molar-refractivity contribution in [1.29, 1.82) is 0 Å². The first-order valence-corrected chi connectivity index (χ1v) is 10.2. The molecule has 3 atom stereocenters. The highest BCUT2D eigenvalue weighted by Crippen LogP contribution is 2.38. The third-order valence-electron chi connectivity index (χ3n) is 6.27. The first-order chi connectivity index (χ1) is 13.9. The molecule has 1 aromatic carbocycles. The van der Waals surface area contributed by atoms with Crippen LogP contribution < -0.4 is 14.8 Å². The van der Waals surface area contributed by atoms with Crippen molar-refractivity contribution in [2.24, 2.45) is 5.92 Å². The van der Waals surface area contributed by atoms with Gasteiger partial charge in [-0.15, -0.1) is 0 Å². The van der Waals surface area contributed by atoms with Crippen LogP contribution in [0.1, 0.15) is 32.6 Å². The van der Waals surface area contributed by atoms with Crippen molar-refractivity contribution in [1.82, 2.24) is 15.1 Å². The van der Waals surface area contributed by atoms with E-state index < -0.39 is 11.6 Å². The van der Waals surface area contributed by atoms with Gasteiger partial charge >= 0.3 is 6.03 Å². The van der Waals surface area contributed by atoms with Crippen molar-refractivity contribution in [3.63, 3.8) is 0 Å². The number of hydrogen-bond acceptors (Lipinski definition) is 5. The molecule has 8 nitrogen and oxygen atoms in total. The first kappa shape index (κ1) is 19.5. The van der Waals surface area contributed by atoms with Crippen LogP contribution in [0.3, 0.4) is 0 Å². The number of fused-ring (bicyclic) bond motifs is 1. The first-order valence-electron chi connectivity index (χ1n) is 10.2. The number of nitrogens with one attached hydrogen (secondary N) is 1. The zero-order chi connectivity index (χ0) is 20.6. The molecule has 4 amide bonds. The summed E-state index contributed by atoms with van der Waals surface area (Å²) in [6.07, 6.45) is 3.17. The summed E-state index contributed by atoms with van der Waals surface area (Å²) in [5.41, 5.74) is -0.849. The second kappa shape index (κ2) is 7.57. The number of carbonyl (C=O) groups excluding carboxylic acids is 3. The molecule has 8 heteroatoms. The van der Waals surface area contributed by atoms with Gasteiger partial charge in [-0.2, -0.15) is 0 Å². The zero-order valence-electron chi connectivity index (χ0n) is 16.8. The minimum absolute atomic E-state index is 0.0680. The zero-order valence-corrected chi connectivity index (χ0v) is 16.8. The molecule has 1 N–H and O–H groups in total. The molecule has 3 aliphatic rings. The Morgan fingerprint density at radius 3 is 2.79 bits per heavy atom. The Kier molecular flexibility index (Phi) is 5.10. The normalized spacial score (nSPS) is 28.4. The summed E-state index contributed by atoms with van der Waals surface area (Å²) in [6, 6.07) is 6.91. The van der Waals surface area contributed by atoms with Gasteiger partial charge in [0.15, 0.2) is 17.6 Å². The number of urea groups is 1. The standard InChI is InChI=1S/C21H27N3O5/c1-14-7-5-6-10-21(14)19(26)24(20(27)22-21)12-18(25)23(2)11-15-13-28-16-8-3-4-9-17(16)29-15/h3-4,8-9,14-15H,5-7,10-13H2,1-2H3,(H,22,27)/t14-,15+,21-/m0/s1. The van der Waals surface area contributed by atoms with E-state index in [9.17, 15) is 14.4 Å². The predicted molar refractivity (Wildman–Crippen MR) is 105 cm³/mol. The number of benzene rings is 1. The maximum Gasteiger partial charge on any atom is 0.325 e. The summed E-state index contributed by atoms with van der Waals surface area (Å²) in [7, 11) is 1.64. The Labute approximate surface area is 170 Å². The topological polar surface area (TPSA) is 88.2 Å². The van der Waals surface area contributed by atoms with E-state index in [0.717, 1.165) is 24.2 Å². The Balaban J connectivity index is 1.36. The molecular formula is C21H27N3O5. The Morgan fingerprint density at radius 2 is 2.03 bits per heavy atom. The van der Waals surface area contributed by atoms with Gasteiger partial charge in [-0.3, -0.25) is 14.5 Å². The summed E-state index contributed by atoms with van der Waals surface area (Å²) in [4.78, 5) is 40.7. The molecule has 0 unspecified atom stereocenters. The lowest BCUT2D eigenvalue weighted by molar-refractivity contribution is -0.140. The quantitative estimate of drug-likeness (QED) is 0.777. The second-order valence-electron chi connectivity index (χ2n) is 8.21. The fourth-order valence-electron chi connectivity index (χ4n) is 4.46. The number of nitrogens with zero attached hydrogens (tertiary/aromatic N) is 2. The number of amides is 4. The third-order valence-corrected chi connectivity index (χ3v) is 6.27. The molecule has 4 rings (SSSR count). The molecule has 1 saturated carbocycles. The average Bonchev–Trinajstić information content (AvgIpc) is 2.95. The number of carbonyl (C=O) groups is 3. The Morgan fingerprint density at radius 1 is 1.28 bits per heavy atom. The molecule has 0 aromatic heterocycles. The lowest BCUT2D eigenvalue weighted by atomic mass is 9.73. The highest BCUT2D eigenvalue weighted by Gasteiger charge is 2.55. The van der Waals surface area contributed by atoms with Crippen molar-refractivity contribution in [3.8, 4) is 11.5 Å². The number of likely N-dealkylation sites (N-methyl/N-ethyl adjacent to an activating group) is 1. The van der Waals surface area contributed by atoms with Crippen LogP contribution in [-0.4, -0.2) is 66.0 Å². The van der Waals surface area contributed by atoms with E-state index in [1.54, 1.807) is 7.05 Å². The molecule has 1 aliphatic carbocycles. The summed E-state index contributed by atoms with van der Waals surface area (Å²) < 4.78 is 11.6. The summed E-state index contributed by atoms with van der Waals surface area (Å²) in [6.45, 7) is 2.36. The third kappa shape index (κ3) is 3.52. The Bertz CT molecular complexity index is 828. The van der Waals surface area contributed by atoms with Gasteiger partial charge in [0, 0.05) is 7.05 Å². The molecule has 1 aromatic rings. The van der Waals surface area contributed by atoms with E-state index >= 15 is 0 Å². The van der Waals surface area contributed by atoms with Gasteiger partial charge in [-0.1, -0.05) is 31.9 Å². The van der Waals surface area contributed by atoms with E-state index in [-0.39, 0.29) is 30.4 Å². The smallest absolute Gasteiger partial charge is 0.325 e. The molecule has 2 heterocycles. The summed E-state index contributed by atoms with van der Waals surface area (Å²) in [5, 5.41) is 2.88. The van der Waals surface area contributed by atoms with Gasteiger partial charge in [0.1, 0.15) is 18.7 Å². The molecular weight excluding hydrogens is 374 g/mol. The maximum atomic E-state index is 13.0. The summed E-state index contributed by atoms with van der Waals surface area (Å²) in [5.74, 6) is 0.813. The number of ether oxygens (including phenoxy) is 2. The SMILES string of the molecule is C[C@H]1CCCC[C@]12NC(=O)N(CC(=O)N(C)C[C@@H]1COc3ccccc3O1)C2=O. The molecule has 156 valence electrons. The van der Waals surface area contributed by atoms with Crippen LogP contribution in [0.4, 0.5) is 4.79 Å². The number of rotatable bonds is 4. The highest BCUT2D eigenvalue weighted by molar-refractivity contribution is 6.09. The fourth-order valence-corrected chi connectivity index (χ4v) is 4.46. The van der Waals surface area contributed by atoms with Crippen molar-refractivity contribution in [2.45, 2.75) is 44.2 Å². The predicted octanol–water partition coefficient (Wildman–Crippen LogP) is 1.79. The lowest BCUT2D eigenvalue weighted by Crippen LogP contribution is -2.54. The number of hydrogen-bond donors (Lipinski definition) is 1. The fraction of sp³-hybridized carbons (Fsp3) is 0.571. The minimum atomic E-state index is -0.849. The monoisotopic (exact) mass is 401 g/mol. The lowest BCUT2D eigenvalue weighted by Gasteiger charge is -2.36. The van der Waals surface area contributed by atoms with Crippen LogP contribution in [0.15, 0.2) is 24.3 Å². The van der Waals surface area contributed by atoms with E-state index in [2.05, 4.69) is 5.32 Å². The average molecular weight is 401 g/mol.